The molecular formula is C17H22N4O2. The zero-order valence-electron chi connectivity index (χ0n) is 13.7. The Balaban J connectivity index is 1.79. The molecule has 3 rings (SSSR count). The zero-order chi connectivity index (χ0) is 16.2. The van der Waals surface area contributed by atoms with Gasteiger partial charge in [0.25, 0.3) is 0 Å². The van der Waals surface area contributed by atoms with E-state index in [0.717, 1.165) is 35.1 Å². The molecule has 0 radical (unpaired) electrons. The van der Waals surface area contributed by atoms with E-state index in [9.17, 15) is 0 Å². The summed E-state index contributed by atoms with van der Waals surface area (Å²) in [5.41, 5.74) is 1.78. The Morgan fingerprint density at radius 1 is 1.13 bits per heavy atom. The fraction of sp³-hybridized carbons (Fsp3) is 0.412. The molecule has 1 unspecified atom stereocenters. The van der Waals surface area contributed by atoms with Crippen molar-refractivity contribution in [3.8, 4) is 11.5 Å². The second-order valence-corrected chi connectivity index (χ2v) is 5.66. The summed E-state index contributed by atoms with van der Waals surface area (Å²) in [6.07, 6.45) is 1.04. The Kier molecular flexibility index (Phi) is 4.50. The second kappa shape index (κ2) is 6.73. The fourth-order valence-electron chi connectivity index (χ4n) is 2.30. The van der Waals surface area contributed by atoms with Crippen molar-refractivity contribution < 1.29 is 9.47 Å². The highest BCUT2D eigenvalue weighted by Crippen LogP contribution is 2.33. The predicted octanol–water partition coefficient (Wildman–Crippen LogP) is 3.51. The van der Waals surface area contributed by atoms with Gasteiger partial charge >= 0.3 is 0 Å². The van der Waals surface area contributed by atoms with Crippen LogP contribution in [0.5, 0.6) is 11.5 Å². The largest absolute Gasteiger partial charge is 0.486 e. The van der Waals surface area contributed by atoms with Gasteiger partial charge in [0, 0.05) is 29.6 Å². The third-order valence-electron chi connectivity index (χ3n) is 3.66. The lowest BCUT2D eigenvalue weighted by molar-refractivity contribution is 0.171. The molecule has 122 valence electrons. The quantitative estimate of drug-likeness (QED) is 0.880. The molecule has 0 amide bonds. The van der Waals surface area contributed by atoms with E-state index in [1.807, 2.05) is 31.2 Å². The van der Waals surface area contributed by atoms with Gasteiger partial charge in [0.15, 0.2) is 11.5 Å². The molecule has 1 atom stereocenters. The van der Waals surface area contributed by atoms with Crippen molar-refractivity contribution in [2.75, 3.05) is 23.8 Å². The highest BCUT2D eigenvalue weighted by molar-refractivity contribution is 5.61. The summed E-state index contributed by atoms with van der Waals surface area (Å²) in [4.78, 5) is 8.96. The minimum atomic E-state index is 0.367. The zero-order valence-corrected chi connectivity index (χ0v) is 13.7. The number of anilines is 3. The molecule has 2 heterocycles. The maximum absolute atomic E-state index is 5.60. The van der Waals surface area contributed by atoms with Gasteiger partial charge in [0.05, 0.1) is 0 Å². The van der Waals surface area contributed by atoms with Crippen LogP contribution in [0.25, 0.3) is 0 Å². The van der Waals surface area contributed by atoms with Crippen molar-refractivity contribution in [1.82, 2.24) is 9.97 Å². The summed E-state index contributed by atoms with van der Waals surface area (Å²) in [5.74, 6) is 2.90. The summed E-state index contributed by atoms with van der Waals surface area (Å²) in [6.45, 7) is 7.38. The van der Waals surface area contributed by atoms with Gasteiger partial charge in [-0.05, 0) is 32.4 Å². The molecule has 0 saturated heterocycles. The highest BCUT2D eigenvalue weighted by Gasteiger charge is 2.12. The molecule has 2 aromatic rings. The van der Waals surface area contributed by atoms with E-state index in [-0.39, 0.29) is 0 Å². The summed E-state index contributed by atoms with van der Waals surface area (Å²) in [7, 11) is 0. The standard InChI is InChI=1S/C17H22N4O2/c1-4-11(2)18-16-9-12(3)19-17(21-16)20-13-5-6-14-15(10-13)23-8-7-22-14/h5-6,9-11H,4,7-8H2,1-3H3,(H2,18,19,20,21). The number of rotatable bonds is 5. The Hall–Kier alpha value is -2.50. The minimum Gasteiger partial charge on any atom is -0.486 e. The van der Waals surface area contributed by atoms with Gasteiger partial charge in [-0.15, -0.1) is 0 Å². The van der Waals surface area contributed by atoms with Crippen LogP contribution in [0.2, 0.25) is 0 Å². The summed E-state index contributed by atoms with van der Waals surface area (Å²) in [6, 6.07) is 8.04. The first-order chi connectivity index (χ1) is 11.1. The van der Waals surface area contributed by atoms with Crippen LogP contribution in [-0.2, 0) is 0 Å². The molecule has 1 aromatic heterocycles. The molecule has 1 aliphatic rings. The van der Waals surface area contributed by atoms with E-state index in [1.54, 1.807) is 0 Å². The maximum atomic E-state index is 5.60. The number of benzene rings is 1. The van der Waals surface area contributed by atoms with Crippen molar-refractivity contribution in [3.63, 3.8) is 0 Å². The first-order valence-electron chi connectivity index (χ1n) is 7.93. The highest BCUT2D eigenvalue weighted by atomic mass is 16.6. The van der Waals surface area contributed by atoms with Gasteiger partial charge in [-0.2, -0.15) is 4.98 Å². The molecule has 6 nitrogen and oxygen atoms in total. The molecular weight excluding hydrogens is 292 g/mol. The number of aromatic nitrogens is 2. The number of fused-ring (bicyclic) bond motifs is 1. The van der Waals surface area contributed by atoms with E-state index in [4.69, 9.17) is 9.47 Å². The Morgan fingerprint density at radius 3 is 2.70 bits per heavy atom. The third-order valence-corrected chi connectivity index (χ3v) is 3.66. The molecule has 0 saturated carbocycles. The SMILES string of the molecule is CCC(C)Nc1cc(C)nc(Nc2ccc3c(c2)OCCO3)n1. The van der Waals surface area contributed by atoms with Crippen LogP contribution >= 0.6 is 0 Å². The fourth-order valence-corrected chi connectivity index (χ4v) is 2.30. The van der Waals surface area contributed by atoms with Crippen LogP contribution in [0.15, 0.2) is 24.3 Å². The van der Waals surface area contributed by atoms with E-state index < -0.39 is 0 Å². The maximum Gasteiger partial charge on any atom is 0.229 e. The summed E-state index contributed by atoms with van der Waals surface area (Å²) >= 11 is 0. The van der Waals surface area contributed by atoms with Crippen molar-refractivity contribution in [1.29, 1.82) is 0 Å². The molecule has 2 N–H and O–H groups in total. The average molecular weight is 314 g/mol. The van der Waals surface area contributed by atoms with E-state index in [2.05, 4.69) is 34.4 Å². The van der Waals surface area contributed by atoms with Gasteiger partial charge in [0.1, 0.15) is 19.0 Å². The minimum absolute atomic E-state index is 0.367. The molecule has 23 heavy (non-hydrogen) atoms. The molecule has 0 fully saturated rings. The average Bonchev–Trinajstić information content (AvgIpc) is 2.54. The molecule has 1 aromatic carbocycles. The van der Waals surface area contributed by atoms with Crippen molar-refractivity contribution in [2.24, 2.45) is 0 Å². The summed E-state index contributed by atoms with van der Waals surface area (Å²) < 4.78 is 11.1. The number of hydrogen-bond acceptors (Lipinski definition) is 6. The van der Waals surface area contributed by atoms with Gasteiger partial charge < -0.3 is 20.1 Å². The van der Waals surface area contributed by atoms with Crippen LogP contribution in [0, 0.1) is 6.92 Å². The van der Waals surface area contributed by atoms with Crippen molar-refractivity contribution >= 4 is 17.5 Å². The van der Waals surface area contributed by atoms with Crippen LogP contribution in [0.1, 0.15) is 26.0 Å². The number of nitrogens with zero attached hydrogens (tertiary/aromatic N) is 2. The molecule has 1 aliphatic heterocycles. The van der Waals surface area contributed by atoms with Crippen LogP contribution in [0.4, 0.5) is 17.5 Å². The topological polar surface area (TPSA) is 68.3 Å². The second-order valence-electron chi connectivity index (χ2n) is 5.66. The molecule has 6 heteroatoms. The molecule has 0 spiro atoms. The smallest absolute Gasteiger partial charge is 0.229 e. The van der Waals surface area contributed by atoms with Crippen molar-refractivity contribution in [3.05, 3.63) is 30.0 Å². The van der Waals surface area contributed by atoms with Gasteiger partial charge in [-0.3, -0.25) is 0 Å². The predicted molar refractivity (Wildman–Crippen MR) is 90.9 cm³/mol. The lowest BCUT2D eigenvalue weighted by atomic mass is 10.2. The third kappa shape index (κ3) is 3.83. The van der Waals surface area contributed by atoms with Crippen molar-refractivity contribution in [2.45, 2.75) is 33.2 Å². The van der Waals surface area contributed by atoms with Gasteiger partial charge in [0.2, 0.25) is 5.95 Å². The monoisotopic (exact) mass is 314 g/mol. The Labute approximate surface area is 136 Å². The van der Waals surface area contributed by atoms with Gasteiger partial charge in [-0.25, -0.2) is 4.98 Å². The lowest BCUT2D eigenvalue weighted by Crippen LogP contribution is -2.16. The Bertz CT molecular complexity index is 690. The number of aryl methyl sites for hydroxylation is 1. The van der Waals surface area contributed by atoms with E-state index >= 15 is 0 Å². The van der Waals surface area contributed by atoms with Crippen LogP contribution < -0.4 is 20.1 Å². The first kappa shape index (κ1) is 15.4. The van der Waals surface area contributed by atoms with Crippen LogP contribution in [0.3, 0.4) is 0 Å². The Morgan fingerprint density at radius 2 is 1.91 bits per heavy atom. The van der Waals surface area contributed by atoms with E-state index in [1.165, 1.54) is 0 Å². The summed E-state index contributed by atoms with van der Waals surface area (Å²) in [5, 5.41) is 6.60. The number of ether oxygens (including phenoxy) is 2. The molecule has 0 bridgehead atoms. The van der Waals surface area contributed by atoms with Gasteiger partial charge in [-0.1, -0.05) is 6.92 Å². The first-order valence-corrected chi connectivity index (χ1v) is 7.93. The van der Waals surface area contributed by atoms with E-state index in [0.29, 0.717) is 25.2 Å². The van der Waals surface area contributed by atoms with Crippen LogP contribution in [-0.4, -0.2) is 29.2 Å². The molecule has 0 aliphatic carbocycles. The lowest BCUT2D eigenvalue weighted by Gasteiger charge is -2.19. The normalized spacial score (nSPS) is 14.2. The number of nitrogens with one attached hydrogen (secondary N) is 2. The number of hydrogen-bond donors (Lipinski definition) is 2.